The van der Waals surface area contributed by atoms with E-state index in [4.69, 9.17) is 0 Å². The summed E-state index contributed by atoms with van der Waals surface area (Å²) < 4.78 is 0. The number of hydrogen-bond donors (Lipinski definition) is 2. The molecule has 0 spiro atoms. The Bertz CT molecular complexity index is 262. The largest absolute Gasteiger partial charge is 0.392 e. The van der Waals surface area contributed by atoms with Crippen LogP contribution in [0.2, 0.25) is 0 Å². The Kier molecular flexibility index (Phi) is 2.11. The standard InChI is InChI=1S/C11H19NO2/c1-6-4-7(6)10(14)12-8-5-9(13)11(8,2)3/h6-9,13H,4-5H2,1-3H3,(H,12,14). The number of nitrogens with one attached hydrogen (secondary N) is 1. The zero-order valence-corrected chi connectivity index (χ0v) is 9.08. The zero-order valence-electron chi connectivity index (χ0n) is 9.08. The maximum atomic E-state index is 11.6. The zero-order chi connectivity index (χ0) is 10.5. The SMILES string of the molecule is CC1CC1C(=O)NC1CC(O)C1(C)C. The van der Waals surface area contributed by atoms with Crippen LogP contribution in [-0.2, 0) is 4.79 Å². The van der Waals surface area contributed by atoms with Crippen molar-refractivity contribution in [3.8, 4) is 0 Å². The predicted octanol–water partition coefficient (Wildman–Crippen LogP) is 0.918. The van der Waals surface area contributed by atoms with E-state index in [1.54, 1.807) is 0 Å². The van der Waals surface area contributed by atoms with E-state index in [0.717, 1.165) is 6.42 Å². The lowest BCUT2D eigenvalue weighted by Crippen LogP contribution is -2.61. The third kappa shape index (κ3) is 1.44. The maximum Gasteiger partial charge on any atom is 0.223 e. The number of aliphatic hydroxyl groups is 1. The quantitative estimate of drug-likeness (QED) is 0.691. The molecule has 4 unspecified atom stereocenters. The molecule has 0 aromatic carbocycles. The number of carbonyl (C=O) groups is 1. The third-order valence-electron chi connectivity index (χ3n) is 3.98. The van der Waals surface area contributed by atoms with Crippen molar-refractivity contribution in [3.05, 3.63) is 0 Å². The molecule has 0 aliphatic heterocycles. The van der Waals surface area contributed by atoms with Crippen molar-refractivity contribution in [1.82, 2.24) is 5.32 Å². The Morgan fingerprint density at radius 3 is 2.36 bits per heavy atom. The van der Waals surface area contributed by atoms with E-state index in [2.05, 4.69) is 12.2 Å². The van der Waals surface area contributed by atoms with E-state index in [1.165, 1.54) is 0 Å². The topological polar surface area (TPSA) is 49.3 Å². The second-order valence-corrected chi connectivity index (χ2v) is 5.45. The average Bonchev–Trinajstić information content (AvgIpc) is 2.82. The lowest BCUT2D eigenvalue weighted by atomic mass is 9.64. The van der Waals surface area contributed by atoms with Gasteiger partial charge in [-0.1, -0.05) is 20.8 Å². The van der Waals surface area contributed by atoms with E-state index in [1.807, 2.05) is 13.8 Å². The Morgan fingerprint density at radius 1 is 1.43 bits per heavy atom. The van der Waals surface area contributed by atoms with Gasteiger partial charge in [0.05, 0.1) is 6.10 Å². The molecular weight excluding hydrogens is 178 g/mol. The van der Waals surface area contributed by atoms with E-state index >= 15 is 0 Å². The Morgan fingerprint density at radius 2 is 2.00 bits per heavy atom. The molecule has 0 heterocycles. The van der Waals surface area contributed by atoms with E-state index < -0.39 is 0 Å². The number of amides is 1. The van der Waals surface area contributed by atoms with Crippen molar-refractivity contribution in [1.29, 1.82) is 0 Å². The van der Waals surface area contributed by atoms with Gasteiger partial charge >= 0.3 is 0 Å². The van der Waals surface area contributed by atoms with Gasteiger partial charge < -0.3 is 10.4 Å². The van der Waals surface area contributed by atoms with E-state index in [-0.39, 0.29) is 29.4 Å². The van der Waals surface area contributed by atoms with Crippen molar-refractivity contribution in [2.75, 3.05) is 0 Å². The number of carbonyl (C=O) groups excluding carboxylic acids is 1. The summed E-state index contributed by atoms with van der Waals surface area (Å²) in [4.78, 5) is 11.6. The molecular formula is C11H19NO2. The highest BCUT2D eigenvalue weighted by Crippen LogP contribution is 2.42. The monoisotopic (exact) mass is 197 g/mol. The summed E-state index contributed by atoms with van der Waals surface area (Å²) in [5, 5.41) is 12.5. The second-order valence-electron chi connectivity index (χ2n) is 5.45. The smallest absolute Gasteiger partial charge is 0.223 e. The Labute approximate surface area is 84.9 Å². The molecule has 0 saturated heterocycles. The predicted molar refractivity (Wildman–Crippen MR) is 53.6 cm³/mol. The summed E-state index contributed by atoms with van der Waals surface area (Å²) in [5.41, 5.74) is -0.145. The van der Waals surface area contributed by atoms with Crippen LogP contribution in [0.1, 0.15) is 33.6 Å². The first-order valence-corrected chi connectivity index (χ1v) is 5.41. The summed E-state index contributed by atoms with van der Waals surface area (Å²) in [5.74, 6) is 0.981. The minimum atomic E-state index is -0.260. The average molecular weight is 197 g/mol. The van der Waals surface area contributed by atoms with E-state index in [0.29, 0.717) is 12.3 Å². The fraction of sp³-hybridized carbons (Fsp3) is 0.909. The molecule has 3 nitrogen and oxygen atoms in total. The molecule has 0 aromatic heterocycles. The summed E-state index contributed by atoms with van der Waals surface area (Å²) in [6, 6.07) is 0.165. The summed E-state index contributed by atoms with van der Waals surface area (Å²) >= 11 is 0. The van der Waals surface area contributed by atoms with Crippen LogP contribution in [0.25, 0.3) is 0 Å². The van der Waals surface area contributed by atoms with Gasteiger partial charge in [-0.25, -0.2) is 0 Å². The van der Waals surface area contributed by atoms with Crippen molar-refractivity contribution in [3.63, 3.8) is 0 Å². The van der Waals surface area contributed by atoms with Crippen molar-refractivity contribution < 1.29 is 9.90 Å². The minimum absolute atomic E-state index is 0.145. The van der Waals surface area contributed by atoms with Crippen LogP contribution in [0.5, 0.6) is 0 Å². The molecule has 0 radical (unpaired) electrons. The number of rotatable bonds is 2. The molecule has 2 saturated carbocycles. The maximum absolute atomic E-state index is 11.6. The van der Waals surface area contributed by atoms with Gasteiger partial charge in [0.1, 0.15) is 0 Å². The minimum Gasteiger partial charge on any atom is -0.392 e. The van der Waals surface area contributed by atoms with Gasteiger partial charge in [-0.2, -0.15) is 0 Å². The van der Waals surface area contributed by atoms with E-state index in [9.17, 15) is 9.90 Å². The highest BCUT2D eigenvalue weighted by atomic mass is 16.3. The van der Waals surface area contributed by atoms with Crippen molar-refractivity contribution >= 4 is 5.91 Å². The third-order valence-corrected chi connectivity index (χ3v) is 3.98. The molecule has 1 amide bonds. The van der Waals surface area contributed by atoms with Crippen LogP contribution in [-0.4, -0.2) is 23.2 Å². The van der Waals surface area contributed by atoms with Crippen molar-refractivity contribution in [2.45, 2.75) is 45.8 Å². The molecule has 80 valence electrons. The van der Waals surface area contributed by atoms with Gasteiger partial charge in [0, 0.05) is 17.4 Å². The molecule has 0 bridgehead atoms. The van der Waals surface area contributed by atoms with Crippen LogP contribution >= 0.6 is 0 Å². The summed E-state index contributed by atoms with van der Waals surface area (Å²) in [7, 11) is 0. The molecule has 2 rings (SSSR count). The normalized spacial score (nSPS) is 44.0. The molecule has 2 fully saturated rings. The van der Waals surface area contributed by atoms with Gasteiger partial charge in [0.15, 0.2) is 0 Å². The Balaban J connectivity index is 1.85. The lowest BCUT2D eigenvalue weighted by Gasteiger charge is -2.49. The fourth-order valence-corrected chi connectivity index (χ4v) is 2.11. The summed E-state index contributed by atoms with van der Waals surface area (Å²) in [6.45, 7) is 6.11. The molecule has 2 aliphatic carbocycles. The lowest BCUT2D eigenvalue weighted by molar-refractivity contribution is -0.130. The van der Waals surface area contributed by atoms with Gasteiger partial charge in [-0.05, 0) is 18.8 Å². The molecule has 4 atom stereocenters. The van der Waals surface area contributed by atoms with Crippen molar-refractivity contribution in [2.24, 2.45) is 17.3 Å². The molecule has 2 aliphatic rings. The Hall–Kier alpha value is -0.570. The first kappa shape index (κ1) is 9.97. The van der Waals surface area contributed by atoms with Gasteiger partial charge in [0.25, 0.3) is 0 Å². The first-order chi connectivity index (χ1) is 6.43. The van der Waals surface area contributed by atoms with Crippen LogP contribution in [0, 0.1) is 17.3 Å². The highest BCUT2D eigenvalue weighted by molar-refractivity contribution is 5.81. The molecule has 0 aromatic rings. The van der Waals surface area contributed by atoms with Gasteiger partial charge in [0.2, 0.25) is 5.91 Å². The van der Waals surface area contributed by atoms with Crippen LogP contribution in [0.4, 0.5) is 0 Å². The fourth-order valence-electron chi connectivity index (χ4n) is 2.11. The highest BCUT2D eigenvalue weighted by Gasteiger charge is 2.49. The van der Waals surface area contributed by atoms with Crippen LogP contribution in [0.15, 0.2) is 0 Å². The van der Waals surface area contributed by atoms with Gasteiger partial charge in [-0.3, -0.25) is 4.79 Å². The van der Waals surface area contributed by atoms with Gasteiger partial charge in [-0.15, -0.1) is 0 Å². The number of hydrogen-bond acceptors (Lipinski definition) is 2. The number of aliphatic hydroxyl groups excluding tert-OH is 1. The molecule has 3 heteroatoms. The second kappa shape index (κ2) is 2.96. The van der Waals surface area contributed by atoms with Crippen LogP contribution < -0.4 is 5.32 Å². The molecule has 14 heavy (non-hydrogen) atoms. The molecule has 2 N–H and O–H groups in total. The first-order valence-electron chi connectivity index (χ1n) is 5.41. The van der Waals surface area contributed by atoms with Crippen LogP contribution in [0.3, 0.4) is 0 Å². The summed E-state index contributed by atoms with van der Waals surface area (Å²) in [6.07, 6.45) is 1.48.